The first kappa shape index (κ1) is 25.3. The second kappa shape index (κ2) is 16.4. The third-order valence-corrected chi connectivity index (χ3v) is 4.51. The van der Waals surface area contributed by atoms with E-state index in [2.05, 4.69) is 6.92 Å². The second-order valence-electron chi connectivity index (χ2n) is 6.87. The molecule has 4 atom stereocenters. The highest BCUT2D eigenvalue weighted by molar-refractivity contribution is 5.69. The van der Waals surface area contributed by atoms with Gasteiger partial charge in [-0.15, -0.1) is 0 Å². The highest BCUT2D eigenvalue weighted by Gasteiger charge is 2.33. The Labute approximate surface area is 157 Å². The zero-order valence-electron chi connectivity index (χ0n) is 16.1. The lowest BCUT2D eigenvalue weighted by atomic mass is 10.0. The highest BCUT2D eigenvalue weighted by Crippen LogP contribution is 2.13. The summed E-state index contributed by atoms with van der Waals surface area (Å²) in [4.78, 5) is 11.8. The van der Waals surface area contributed by atoms with Crippen molar-refractivity contribution in [3.63, 3.8) is 0 Å². The molecule has 5 N–H and O–H groups in total. The Kier molecular flexibility index (Phi) is 16.0. The monoisotopic (exact) mass is 378 g/mol. The topological polar surface area (TPSA) is 127 Å². The molecule has 7 heteroatoms. The molecule has 0 aromatic rings. The molecule has 0 aromatic carbocycles. The van der Waals surface area contributed by atoms with E-state index >= 15 is 0 Å². The largest absolute Gasteiger partial charge is 0.457 e. The van der Waals surface area contributed by atoms with Crippen molar-refractivity contribution < 1.29 is 35.1 Å². The third-order valence-electron chi connectivity index (χ3n) is 4.51. The zero-order valence-corrected chi connectivity index (χ0v) is 16.1. The fourth-order valence-electron chi connectivity index (χ4n) is 2.76. The molecule has 0 radical (unpaired) electrons. The van der Waals surface area contributed by atoms with Crippen molar-refractivity contribution >= 4 is 5.97 Å². The van der Waals surface area contributed by atoms with Crippen molar-refractivity contribution in [1.82, 2.24) is 0 Å². The zero-order chi connectivity index (χ0) is 19.8. The van der Waals surface area contributed by atoms with Crippen LogP contribution in [0.25, 0.3) is 0 Å². The predicted molar refractivity (Wildman–Crippen MR) is 98.5 cm³/mol. The van der Waals surface area contributed by atoms with Crippen molar-refractivity contribution in [3.8, 4) is 0 Å². The number of ether oxygens (including phenoxy) is 1. The molecule has 0 amide bonds. The van der Waals surface area contributed by atoms with E-state index in [0.717, 1.165) is 19.3 Å². The van der Waals surface area contributed by atoms with Crippen LogP contribution in [0.15, 0.2) is 0 Å². The lowest BCUT2D eigenvalue weighted by molar-refractivity contribution is -0.171. The van der Waals surface area contributed by atoms with Crippen LogP contribution in [0.5, 0.6) is 0 Å². The van der Waals surface area contributed by atoms with Crippen LogP contribution >= 0.6 is 0 Å². The first-order chi connectivity index (χ1) is 12.5. The number of esters is 1. The molecule has 0 spiro atoms. The van der Waals surface area contributed by atoms with Gasteiger partial charge in [-0.3, -0.25) is 4.79 Å². The Bertz CT molecular complexity index is 338. The molecule has 0 saturated carbocycles. The Hall–Kier alpha value is -0.730. The Morgan fingerprint density at radius 1 is 0.769 bits per heavy atom. The van der Waals surface area contributed by atoms with Crippen LogP contribution in [0.1, 0.15) is 77.6 Å². The fourth-order valence-corrected chi connectivity index (χ4v) is 2.76. The molecule has 0 rings (SSSR count). The first-order valence-electron chi connectivity index (χ1n) is 9.93. The van der Waals surface area contributed by atoms with E-state index in [1.807, 2.05) is 0 Å². The Morgan fingerprint density at radius 3 is 1.73 bits per heavy atom. The van der Waals surface area contributed by atoms with Crippen molar-refractivity contribution in [1.29, 1.82) is 0 Å². The van der Waals surface area contributed by atoms with Gasteiger partial charge >= 0.3 is 5.97 Å². The number of carbonyl (C=O) groups excluding carboxylic acids is 1. The first-order valence-corrected chi connectivity index (χ1v) is 9.93. The molecule has 26 heavy (non-hydrogen) atoms. The lowest BCUT2D eigenvalue weighted by Crippen LogP contribution is -2.48. The summed E-state index contributed by atoms with van der Waals surface area (Å²) in [5, 5.41) is 46.7. The quantitative estimate of drug-likeness (QED) is 0.190. The van der Waals surface area contributed by atoms with Gasteiger partial charge in [-0.25, -0.2) is 0 Å². The van der Waals surface area contributed by atoms with Crippen LogP contribution in [0.2, 0.25) is 0 Å². The second-order valence-corrected chi connectivity index (χ2v) is 6.87. The molecule has 0 unspecified atom stereocenters. The molecule has 0 saturated heterocycles. The maximum absolute atomic E-state index is 11.8. The van der Waals surface area contributed by atoms with Gasteiger partial charge < -0.3 is 30.3 Å². The Balaban J connectivity index is 3.82. The van der Waals surface area contributed by atoms with Gasteiger partial charge in [-0.2, -0.15) is 0 Å². The Morgan fingerprint density at radius 2 is 1.27 bits per heavy atom. The van der Waals surface area contributed by atoms with Gasteiger partial charge in [0.2, 0.25) is 0 Å². The minimum absolute atomic E-state index is 0.179. The van der Waals surface area contributed by atoms with Crippen LogP contribution in [-0.2, 0) is 9.53 Å². The van der Waals surface area contributed by atoms with E-state index < -0.39 is 43.6 Å². The fraction of sp³-hybridized carbons (Fsp3) is 0.947. The van der Waals surface area contributed by atoms with Crippen molar-refractivity contribution in [2.75, 3.05) is 13.2 Å². The molecule has 0 heterocycles. The lowest BCUT2D eigenvalue weighted by Gasteiger charge is -2.27. The molecule has 0 aliphatic rings. The third kappa shape index (κ3) is 11.8. The average Bonchev–Trinajstić information content (AvgIpc) is 2.65. The SMILES string of the molecule is CCCCCCCCCCCCC(=O)O[C@@H](CO)[C@H](O)[C@@H](O)[C@@H](O)CO. The van der Waals surface area contributed by atoms with Gasteiger partial charge in [0.1, 0.15) is 18.3 Å². The van der Waals surface area contributed by atoms with E-state index in [1.54, 1.807) is 0 Å². The van der Waals surface area contributed by atoms with Crippen molar-refractivity contribution in [2.24, 2.45) is 0 Å². The number of carbonyl (C=O) groups is 1. The molecule has 0 aromatic heterocycles. The van der Waals surface area contributed by atoms with Gasteiger partial charge in [0.05, 0.1) is 13.2 Å². The summed E-state index contributed by atoms with van der Waals surface area (Å²) in [6.07, 6.45) is 5.36. The summed E-state index contributed by atoms with van der Waals surface area (Å²) < 4.78 is 4.97. The minimum atomic E-state index is -1.71. The van der Waals surface area contributed by atoms with E-state index in [0.29, 0.717) is 6.42 Å². The average molecular weight is 379 g/mol. The number of aliphatic hydroxyl groups excluding tert-OH is 5. The molecule has 0 fully saturated rings. The number of hydrogen-bond donors (Lipinski definition) is 5. The number of hydrogen-bond acceptors (Lipinski definition) is 7. The maximum Gasteiger partial charge on any atom is 0.306 e. The van der Waals surface area contributed by atoms with E-state index in [1.165, 1.54) is 38.5 Å². The molecular formula is C19H38O7. The summed E-state index contributed by atoms with van der Waals surface area (Å²) in [6, 6.07) is 0. The van der Waals surface area contributed by atoms with E-state index in [4.69, 9.17) is 9.84 Å². The normalized spacial score (nSPS) is 16.1. The number of unbranched alkanes of at least 4 members (excludes halogenated alkanes) is 9. The molecule has 7 nitrogen and oxygen atoms in total. The van der Waals surface area contributed by atoms with Crippen LogP contribution in [-0.4, -0.2) is 69.1 Å². The van der Waals surface area contributed by atoms with Crippen molar-refractivity contribution in [3.05, 3.63) is 0 Å². The summed E-state index contributed by atoms with van der Waals surface area (Å²) >= 11 is 0. The van der Waals surface area contributed by atoms with Gasteiger partial charge in [0.25, 0.3) is 0 Å². The van der Waals surface area contributed by atoms with E-state index in [9.17, 15) is 25.2 Å². The van der Waals surface area contributed by atoms with Gasteiger partial charge in [0, 0.05) is 6.42 Å². The van der Waals surface area contributed by atoms with Gasteiger partial charge in [0.15, 0.2) is 6.10 Å². The molecular weight excluding hydrogens is 340 g/mol. The van der Waals surface area contributed by atoms with Gasteiger partial charge in [-0.05, 0) is 6.42 Å². The summed E-state index contributed by atoms with van der Waals surface area (Å²) in [5.41, 5.74) is 0. The summed E-state index contributed by atoms with van der Waals surface area (Å²) in [7, 11) is 0. The summed E-state index contributed by atoms with van der Waals surface area (Å²) in [6.45, 7) is 0.776. The summed E-state index contributed by atoms with van der Waals surface area (Å²) in [5.74, 6) is -0.562. The standard InChI is InChI=1S/C19H38O7/c1-2-3-4-5-6-7-8-9-10-11-12-17(23)26-16(14-21)19(25)18(24)15(22)13-20/h15-16,18-22,24-25H,2-14H2,1H3/t15-,16-,18-,19-/m0/s1. The van der Waals surface area contributed by atoms with Crippen LogP contribution < -0.4 is 0 Å². The molecule has 0 aliphatic carbocycles. The number of rotatable bonds is 17. The van der Waals surface area contributed by atoms with Gasteiger partial charge in [-0.1, -0.05) is 64.7 Å². The molecule has 0 aliphatic heterocycles. The molecule has 156 valence electrons. The minimum Gasteiger partial charge on any atom is -0.457 e. The van der Waals surface area contributed by atoms with Crippen LogP contribution in [0, 0.1) is 0 Å². The maximum atomic E-state index is 11.8. The van der Waals surface area contributed by atoms with Crippen LogP contribution in [0.4, 0.5) is 0 Å². The van der Waals surface area contributed by atoms with E-state index in [-0.39, 0.29) is 6.42 Å². The predicted octanol–water partition coefficient (Wildman–Crippen LogP) is 1.28. The number of aliphatic hydroxyl groups is 5. The van der Waals surface area contributed by atoms with Crippen LogP contribution in [0.3, 0.4) is 0 Å². The smallest absolute Gasteiger partial charge is 0.306 e. The molecule has 0 bridgehead atoms. The van der Waals surface area contributed by atoms with Crippen molar-refractivity contribution in [2.45, 2.75) is 102 Å². The highest BCUT2D eigenvalue weighted by atomic mass is 16.6.